The van der Waals surface area contributed by atoms with Crippen molar-refractivity contribution >= 4 is 12.1 Å². The van der Waals surface area contributed by atoms with E-state index >= 15 is 0 Å². The molecule has 2 aromatic rings. The number of ether oxygens (including phenoxy) is 1. The quantitative estimate of drug-likeness (QED) is 0.678. The lowest BCUT2D eigenvalue weighted by atomic mass is 10.2. The summed E-state index contributed by atoms with van der Waals surface area (Å²) in [5.41, 5.74) is 3.59. The van der Waals surface area contributed by atoms with E-state index in [2.05, 4.69) is 10.5 Å². The van der Waals surface area contributed by atoms with Gasteiger partial charge in [-0.2, -0.15) is 5.10 Å². The summed E-state index contributed by atoms with van der Waals surface area (Å²) in [6, 6.07) is 13.6. The van der Waals surface area contributed by atoms with E-state index in [0.29, 0.717) is 11.3 Å². The van der Waals surface area contributed by atoms with Crippen LogP contribution in [0.5, 0.6) is 5.75 Å². The highest BCUT2D eigenvalue weighted by molar-refractivity contribution is 5.82. The molecule has 1 amide bonds. The van der Waals surface area contributed by atoms with Gasteiger partial charge in [0.25, 0.3) is 0 Å². The number of hydrogen-bond donors (Lipinski definition) is 1. The number of rotatable bonds is 5. The highest BCUT2D eigenvalue weighted by atomic mass is 19.1. The molecule has 21 heavy (non-hydrogen) atoms. The molecule has 0 atom stereocenters. The van der Waals surface area contributed by atoms with Crippen LogP contribution in [0.15, 0.2) is 53.6 Å². The minimum Gasteiger partial charge on any atom is -0.489 e. The van der Waals surface area contributed by atoms with Crippen LogP contribution in [0.4, 0.5) is 4.39 Å². The molecule has 0 radical (unpaired) electrons. The number of hydrogen-bond acceptors (Lipinski definition) is 3. The summed E-state index contributed by atoms with van der Waals surface area (Å²) in [4.78, 5) is 10.7. The van der Waals surface area contributed by atoms with E-state index in [-0.39, 0.29) is 18.3 Å². The third-order valence-electron chi connectivity index (χ3n) is 2.65. The predicted octanol–water partition coefficient (Wildman–Crippen LogP) is 2.87. The topological polar surface area (TPSA) is 50.7 Å². The normalized spacial score (nSPS) is 10.6. The van der Waals surface area contributed by atoms with Crippen molar-refractivity contribution in [1.82, 2.24) is 5.43 Å². The van der Waals surface area contributed by atoms with Crippen molar-refractivity contribution in [3.05, 3.63) is 65.5 Å². The number of halogens is 1. The van der Waals surface area contributed by atoms with Gasteiger partial charge < -0.3 is 4.74 Å². The molecule has 108 valence electrons. The number of amides is 1. The largest absolute Gasteiger partial charge is 0.489 e. The van der Waals surface area contributed by atoms with Gasteiger partial charge in [-0.1, -0.05) is 30.3 Å². The summed E-state index contributed by atoms with van der Waals surface area (Å²) in [5.74, 6) is 0.0733. The van der Waals surface area contributed by atoms with E-state index in [1.807, 2.05) is 6.07 Å². The standard InChI is InChI=1S/C16H15FN2O2/c1-12(20)19-18-10-13-5-4-7-15(9-13)21-11-14-6-2-3-8-16(14)17/h2-10H,11H2,1H3,(H,19,20)/b18-10+. The fourth-order valence-corrected chi connectivity index (χ4v) is 1.66. The lowest BCUT2D eigenvalue weighted by Gasteiger charge is -2.07. The molecular formula is C16H15FN2O2. The van der Waals surface area contributed by atoms with Gasteiger partial charge in [-0.3, -0.25) is 4.79 Å². The number of carbonyl (C=O) groups is 1. The molecule has 0 saturated carbocycles. The van der Waals surface area contributed by atoms with E-state index in [0.717, 1.165) is 5.56 Å². The summed E-state index contributed by atoms with van der Waals surface area (Å²) in [5, 5.41) is 3.77. The van der Waals surface area contributed by atoms with Crippen LogP contribution in [0, 0.1) is 5.82 Å². The zero-order valence-corrected chi connectivity index (χ0v) is 11.5. The maximum Gasteiger partial charge on any atom is 0.236 e. The molecule has 0 spiro atoms. The maximum atomic E-state index is 13.5. The smallest absolute Gasteiger partial charge is 0.236 e. The lowest BCUT2D eigenvalue weighted by molar-refractivity contribution is -0.118. The number of hydrazone groups is 1. The molecule has 0 bridgehead atoms. The molecule has 0 aromatic heterocycles. The molecule has 0 fully saturated rings. The highest BCUT2D eigenvalue weighted by Crippen LogP contribution is 2.15. The first-order chi connectivity index (χ1) is 10.1. The Morgan fingerprint density at radius 3 is 2.86 bits per heavy atom. The van der Waals surface area contributed by atoms with Crippen molar-refractivity contribution in [2.45, 2.75) is 13.5 Å². The van der Waals surface area contributed by atoms with Crippen molar-refractivity contribution in [3.8, 4) is 5.75 Å². The summed E-state index contributed by atoms with van der Waals surface area (Å²) < 4.78 is 19.0. The van der Waals surface area contributed by atoms with Crippen molar-refractivity contribution in [3.63, 3.8) is 0 Å². The highest BCUT2D eigenvalue weighted by Gasteiger charge is 2.02. The first kappa shape index (κ1) is 14.7. The molecule has 0 heterocycles. The summed E-state index contributed by atoms with van der Waals surface area (Å²) in [7, 11) is 0. The molecule has 0 saturated heterocycles. The lowest BCUT2D eigenvalue weighted by Crippen LogP contribution is -2.12. The van der Waals surface area contributed by atoms with E-state index in [9.17, 15) is 9.18 Å². The van der Waals surface area contributed by atoms with Crippen molar-refractivity contribution in [2.24, 2.45) is 5.10 Å². The van der Waals surface area contributed by atoms with Crippen LogP contribution in [0.3, 0.4) is 0 Å². The molecule has 0 aliphatic heterocycles. The zero-order valence-electron chi connectivity index (χ0n) is 11.5. The first-order valence-electron chi connectivity index (χ1n) is 6.41. The van der Waals surface area contributed by atoms with Crippen LogP contribution < -0.4 is 10.2 Å². The second-order valence-electron chi connectivity index (χ2n) is 4.38. The minimum absolute atomic E-state index is 0.152. The van der Waals surface area contributed by atoms with E-state index in [4.69, 9.17) is 4.74 Å². The molecule has 0 aliphatic rings. The molecular weight excluding hydrogens is 271 g/mol. The Hall–Kier alpha value is -2.69. The Balaban J connectivity index is 1.99. The van der Waals surface area contributed by atoms with Gasteiger partial charge in [0.15, 0.2) is 0 Å². The van der Waals surface area contributed by atoms with Gasteiger partial charge in [0, 0.05) is 12.5 Å². The summed E-state index contributed by atoms with van der Waals surface area (Å²) >= 11 is 0. The Morgan fingerprint density at radius 2 is 2.10 bits per heavy atom. The summed E-state index contributed by atoms with van der Waals surface area (Å²) in [6.45, 7) is 1.53. The Morgan fingerprint density at radius 1 is 1.29 bits per heavy atom. The molecule has 2 aromatic carbocycles. The van der Waals surface area contributed by atoms with E-state index in [1.54, 1.807) is 36.4 Å². The molecule has 1 N–H and O–H groups in total. The monoisotopic (exact) mass is 286 g/mol. The van der Waals surface area contributed by atoms with Gasteiger partial charge in [0.1, 0.15) is 18.2 Å². The van der Waals surface area contributed by atoms with Gasteiger partial charge in [0.2, 0.25) is 5.91 Å². The van der Waals surface area contributed by atoms with Crippen molar-refractivity contribution < 1.29 is 13.9 Å². The summed E-state index contributed by atoms with van der Waals surface area (Å²) in [6.07, 6.45) is 1.51. The molecule has 0 aliphatic carbocycles. The average Bonchev–Trinajstić information content (AvgIpc) is 2.46. The number of nitrogens with one attached hydrogen (secondary N) is 1. The Kier molecular flexibility index (Phi) is 5.04. The van der Waals surface area contributed by atoms with Crippen LogP contribution in [0.1, 0.15) is 18.1 Å². The number of carbonyl (C=O) groups excluding carboxylic acids is 1. The Bertz CT molecular complexity index is 656. The van der Waals surface area contributed by atoms with Crippen LogP contribution in [-0.2, 0) is 11.4 Å². The fraction of sp³-hybridized carbons (Fsp3) is 0.125. The molecule has 5 heteroatoms. The second kappa shape index (κ2) is 7.19. The third-order valence-corrected chi connectivity index (χ3v) is 2.65. The second-order valence-corrected chi connectivity index (χ2v) is 4.38. The number of nitrogens with zero attached hydrogens (tertiary/aromatic N) is 1. The van der Waals surface area contributed by atoms with Gasteiger partial charge in [-0.05, 0) is 23.8 Å². The fourth-order valence-electron chi connectivity index (χ4n) is 1.66. The third kappa shape index (κ3) is 4.72. The maximum absolute atomic E-state index is 13.5. The molecule has 0 unspecified atom stereocenters. The number of benzene rings is 2. The van der Waals surface area contributed by atoms with Crippen molar-refractivity contribution in [2.75, 3.05) is 0 Å². The van der Waals surface area contributed by atoms with Gasteiger partial charge >= 0.3 is 0 Å². The average molecular weight is 286 g/mol. The van der Waals surface area contributed by atoms with Gasteiger partial charge in [0.05, 0.1) is 6.21 Å². The van der Waals surface area contributed by atoms with E-state index in [1.165, 1.54) is 19.2 Å². The minimum atomic E-state index is -0.291. The van der Waals surface area contributed by atoms with Crippen LogP contribution >= 0.6 is 0 Å². The predicted molar refractivity (Wildman–Crippen MR) is 78.6 cm³/mol. The van der Waals surface area contributed by atoms with Crippen LogP contribution in [0.25, 0.3) is 0 Å². The van der Waals surface area contributed by atoms with Crippen LogP contribution in [-0.4, -0.2) is 12.1 Å². The van der Waals surface area contributed by atoms with Gasteiger partial charge in [-0.25, -0.2) is 9.82 Å². The van der Waals surface area contributed by atoms with Crippen molar-refractivity contribution in [1.29, 1.82) is 0 Å². The SMILES string of the molecule is CC(=O)N/N=C/c1cccc(OCc2ccccc2F)c1. The molecule has 4 nitrogen and oxygen atoms in total. The van der Waals surface area contributed by atoms with E-state index < -0.39 is 0 Å². The Labute approximate surface area is 122 Å². The van der Waals surface area contributed by atoms with Crippen LogP contribution in [0.2, 0.25) is 0 Å². The first-order valence-corrected chi connectivity index (χ1v) is 6.41. The molecule has 2 rings (SSSR count). The zero-order chi connectivity index (χ0) is 15.1. The van der Waals surface area contributed by atoms with Gasteiger partial charge in [-0.15, -0.1) is 0 Å².